The maximum absolute atomic E-state index is 13.9. The van der Waals surface area contributed by atoms with Crippen molar-refractivity contribution in [1.82, 2.24) is 19.7 Å². The highest BCUT2D eigenvalue weighted by Gasteiger charge is 2.38. The fourth-order valence-electron chi connectivity index (χ4n) is 4.94. The van der Waals surface area contributed by atoms with E-state index in [9.17, 15) is 36.6 Å². The van der Waals surface area contributed by atoms with Crippen molar-refractivity contribution in [2.24, 2.45) is 5.92 Å². The number of aromatic nitrogens is 3. The number of carboxylic acids is 1. The van der Waals surface area contributed by atoms with Crippen molar-refractivity contribution in [2.45, 2.75) is 44.3 Å². The number of alkyl halides is 5. The maximum Gasteiger partial charge on any atom is 0.417 e. The number of anilines is 1. The fourth-order valence-corrected chi connectivity index (χ4v) is 4.94. The third kappa shape index (κ3) is 6.46. The highest BCUT2D eigenvalue weighted by Crippen LogP contribution is 2.39. The highest BCUT2D eigenvalue weighted by atomic mass is 19.4. The van der Waals surface area contributed by atoms with Gasteiger partial charge in [-0.3, -0.25) is 19.4 Å². The molecule has 1 aliphatic heterocycles. The molecule has 1 saturated heterocycles. The largest absolute Gasteiger partial charge is 0.481 e. The lowest BCUT2D eigenvalue weighted by Crippen LogP contribution is -2.47. The summed E-state index contributed by atoms with van der Waals surface area (Å²) < 4.78 is 70.8. The SMILES string of the molecule is C[C@H](C(=O)O)[C@H](CCN1CCCC(F)(F)C1)N(C=O)c1cc(-c2ccccc2C(F)(F)F)n(-c2ccccn2)n1. The molecule has 0 saturated carbocycles. The Hall–Kier alpha value is -3.87. The Morgan fingerprint density at radius 2 is 1.93 bits per heavy atom. The lowest BCUT2D eigenvalue weighted by Gasteiger charge is -2.35. The van der Waals surface area contributed by atoms with Crippen LogP contribution >= 0.6 is 0 Å². The molecule has 3 aromatic rings. The van der Waals surface area contributed by atoms with Crippen molar-refractivity contribution in [3.05, 3.63) is 60.3 Å². The number of hydrogen-bond acceptors (Lipinski definition) is 5. The predicted molar refractivity (Wildman–Crippen MR) is 136 cm³/mol. The molecule has 1 amide bonds. The van der Waals surface area contributed by atoms with E-state index in [2.05, 4.69) is 10.1 Å². The molecule has 4 rings (SSSR count). The summed E-state index contributed by atoms with van der Waals surface area (Å²) in [6, 6.07) is 9.87. The molecule has 1 N–H and O–H groups in total. The summed E-state index contributed by atoms with van der Waals surface area (Å²) in [5.74, 6) is -5.16. The Balaban J connectivity index is 1.77. The topological polar surface area (TPSA) is 91.6 Å². The van der Waals surface area contributed by atoms with Crippen LogP contribution in [0.5, 0.6) is 0 Å². The average Bonchev–Trinajstić information content (AvgIpc) is 3.35. The smallest absolute Gasteiger partial charge is 0.417 e. The summed E-state index contributed by atoms with van der Waals surface area (Å²) in [4.78, 5) is 31.1. The molecule has 2 atom stereocenters. The molecule has 13 heteroatoms. The number of carbonyl (C=O) groups excluding carboxylic acids is 1. The van der Waals surface area contributed by atoms with Crippen LogP contribution in [0.15, 0.2) is 54.7 Å². The van der Waals surface area contributed by atoms with Crippen LogP contribution in [-0.4, -0.2) is 68.7 Å². The molecule has 0 unspecified atom stereocenters. The van der Waals surface area contributed by atoms with Crippen molar-refractivity contribution >= 4 is 18.2 Å². The molecular formula is C27H28F5N5O3. The Morgan fingerprint density at radius 1 is 1.20 bits per heavy atom. The molecule has 1 aliphatic rings. The van der Waals surface area contributed by atoms with Crippen molar-refractivity contribution in [3.8, 4) is 17.1 Å². The maximum atomic E-state index is 13.9. The first kappa shape index (κ1) is 29.1. The number of aliphatic carboxylic acids is 1. The second-order valence-corrected chi connectivity index (χ2v) is 9.76. The quantitative estimate of drug-likeness (QED) is 0.271. The molecule has 0 radical (unpaired) electrons. The van der Waals surface area contributed by atoms with Gasteiger partial charge in [-0.1, -0.05) is 24.3 Å². The van der Waals surface area contributed by atoms with Gasteiger partial charge in [0.1, 0.15) is 0 Å². The molecule has 8 nitrogen and oxygen atoms in total. The van der Waals surface area contributed by atoms with Gasteiger partial charge in [-0.25, -0.2) is 18.4 Å². The Morgan fingerprint density at radius 3 is 2.55 bits per heavy atom. The van der Waals surface area contributed by atoms with Gasteiger partial charge in [0.05, 0.1) is 29.8 Å². The molecule has 3 heterocycles. The van der Waals surface area contributed by atoms with E-state index < -0.39 is 42.1 Å². The van der Waals surface area contributed by atoms with Gasteiger partial charge in [0, 0.05) is 30.8 Å². The molecule has 0 bridgehead atoms. The lowest BCUT2D eigenvalue weighted by atomic mass is 9.96. The molecular weight excluding hydrogens is 537 g/mol. The molecule has 40 heavy (non-hydrogen) atoms. The molecule has 1 fully saturated rings. The van der Waals surface area contributed by atoms with Crippen LogP contribution in [0.3, 0.4) is 0 Å². The van der Waals surface area contributed by atoms with E-state index in [4.69, 9.17) is 0 Å². The number of hydrogen-bond donors (Lipinski definition) is 1. The first-order valence-corrected chi connectivity index (χ1v) is 12.7. The second-order valence-electron chi connectivity index (χ2n) is 9.76. The summed E-state index contributed by atoms with van der Waals surface area (Å²) >= 11 is 0. The summed E-state index contributed by atoms with van der Waals surface area (Å²) in [6.07, 6.45) is -2.84. The van der Waals surface area contributed by atoms with E-state index in [-0.39, 0.29) is 48.7 Å². The third-order valence-electron chi connectivity index (χ3n) is 6.99. The molecule has 1 aromatic carbocycles. The van der Waals surface area contributed by atoms with Crippen molar-refractivity contribution < 1.29 is 36.6 Å². The van der Waals surface area contributed by atoms with E-state index in [0.29, 0.717) is 13.0 Å². The first-order chi connectivity index (χ1) is 18.9. The van der Waals surface area contributed by atoms with Crippen LogP contribution in [0.1, 0.15) is 31.7 Å². The Kier molecular flexibility index (Phi) is 8.52. The number of halogens is 5. The Bertz CT molecular complexity index is 1330. The van der Waals surface area contributed by atoms with Crippen molar-refractivity contribution in [1.29, 1.82) is 0 Å². The van der Waals surface area contributed by atoms with Gasteiger partial charge in [0.15, 0.2) is 11.6 Å². The van der Waals surface area contributed by atoms with Gasteiger partial charge in [0.2, 0.25) is 6.41 Å². The summed E-state index contributed by atoms with van der Waals surface area (Å²) in [6.45, 7) is 1.39. The number of rotatable bonds is 10. The van der Waals surface area contributed by atoms with Crippen LogP contribution in [0.4, 0.5) is 27.8 Å². The van der Waals surface area contributed by atoms with E-state index in [0.717, 1.165) is 15.6 Å². The minimum Gasteiger partial charge on any atom is -0.481 e. The van der Waals surface area contributed by atoms with Gasteiger partial charge in [-0.2, -0.15) is 13.2 Å². The third-order valence-corrected chi connectivity index (χ3v) is 6.99. The number of carbonyl (C=O) groups is 2. The predicted octanol–water partition coefficient (Wildman–Crippen LogP) is 5.13. The molecule has 0 spiro atoms. The first-order valence-electron chi connectivity index (χ1n) is 12.7. The minimum absolute atomic E-state index is 0.0210. The number of nitrogens with zero attached hydrogens (tertiary/aromatic N) is 5. The lowest BCUT2D eigenvalue weighted by molar-refractivity contribution is -0.142. The van der Waals surface area contributed by atoms with Crippen LogP contribution in [0.2, 0.25) is 0 Å². The van der Waals surface area contributed by atoms with Crippen LogP contribution in [0, 0.1) is 5.92 Å². The number of pyridine rings is 1. The van der Waals surface area contributed by atoms with E-state index in [1.54, 1.807) is 12.1 Å². The molecule has 2 aromatic heterocycles. The zero-order chi connectivity index (χ0) is 29.1. The summed E-state index contributed by atoms with van der Waals surface area (Å²) in [5, 5.41) is 14.2. The zero-order valence-corrected chi connectivity index (χ0v) is 21.6. The number of benzene rings is 1. The van der Waals surface area contributed by atoms with Gasteiger partial charge < -0.3 is 5.11 Å². The minimum atomic E-state index is -4.70. The normalized spacial score (nSPS) is 17.2. The Labute approximate surface area is 227 Å². The van der Waals surface area contributed by atoms with Gasteiger partial charge in [-0.15, -0.1) is 5.10 Å². The van der Waals surface area contributed by atoms with Gasteiger partial charge in [0.25, 0.3) is 5.92 Å². The number of carboxylic acid groups (broad SMARTS) is 1. The van der Waals surface area contributed by atoms with Crippen LogP contribution in [0.25, 0.3) is 17.1 Å². The second kappa shape index (κ2) is 11.7. The molecule has 214 valence electrons. The highest BCUT2D eigenvalue weighted by molar-refractivity contribution is 5.80. The monoisotopic (exact) mass is 565 g/mol. The van der Waals surface area contributed by atoms with Crippen LogP contribution in [-0.2, 0) is 15.8 Å². The molecule has 0 aliphatic carbocycles. The van der Waals surface area contributed by atoms with Gasteiger partial charge in [-0.05, 0) is 44.5 Å². The number of piperidine rings is 1. The standard InChI is InChI=1S/C27H28F5N5O3/c1-18(25(39)40)21(10-14-35-13-6-11-26(28,29)16-35)36(17-38)24-15-22(37(34-24)23-9-4-5-12-33-23)19-7-2-3-8-20(19)27(30,31)32/h2-5,7-9,12,15,17-18,21H,6,10-11,13-14,16H2,1H3,(H,39,40)/t18-,21-/m0/s1. The van der Waals surface area contributed by atoms with E-state index >= 15 is 0 Å². The van der Waals surface area contributed by atoms with Crippen molar-refractivity contribution in [3.63, 3.8) is 0 Å². The van der Waals surface area contributed by atoms with E-state index in [1.807, 2.05) is 0 Å². The summed E-state index contributed by atoms with van der Waals surface area (Å²) in [7, 11) is 0. The van der Waals surface area contributed by atoms with Crippen molar-refractivity contribution in [2.75, 3.05) is 24.5 Å². The number of amides is 1. The fraction of sp³-hybridized carbons (Fsp3) is 0.407. The summed E-state index contributed by atoms with van der Waals surface area (Å²) in [5.41, 5.74) is -1.17. The van der Waals surface area contributed by atoms with Crippen LogP contribution < -0.4 is 4.90 Å². The number of likely N-dealkylation sites (tertiary alicyclic amines) is 1. The van der Waals surface area contributed by atoms with E-state index in [1.165, 1.54) is 48.4 Å². The zero-order valence-electron chi connectivity index (χ0n) is 21.6. The average molecular weight is 566 g/mol. The van der Waals surface area contributed by atoms with Gasteiger partial charge >= 0.3 is 12.1 Å².